The Bertz CT molecular complexity index is 673. The van der Waals surface area contributed by atoms with Crippen molar-refractivity contribution in [3.63, 3.8) is 0 Å². The zero-order valence-corrected chi connectivity index (χ0v) is 11.0. The smallest absolute Gasteiger partial charge is 0.148 e. The van der Waals surface area contributed by atoms with Gasteiger partial charge in [-0.2, -0.15) is 5.10 Å². The maximum absolute atomic E-state index is 5.75. The Morgan fingerprint density at radius 2 is 2.05 bits per heavy atom. The molecular weight excluding hydrogens is 252 g/mol. The Kier molecular flexibility index (Phi) is 3.52. The van der Waals surface area contributed by atoms with Gasteiger partial charge in [-0.15, -0.1) is 0 Å². The lowest BCUT2D eigenvalue weighted by atomic mass is 10.2. The monoisotopic (exact) mass is 268 g/mol. The topological polar surface area (TPSA) is 69.0 Å². The van der Waals surface area contributed by atoms with Crippen LogP contribution in [0.4, 0.5) is 5.82 Å². The molecule has 2 heterocycles. The minimum atomic E-state index is 0.491. The Morgan fingerprint density at radius 1 is 1.15 bits per heavy atom. The highest BCUT2D eigenvalue weighted by Crippen LogP contribution is 2.15. The molecule has 0 bridgehead atoms. The summed E-state index contributed by atoms with van der Waals surface area (Å²) in [4.78, 5) is 0. The van der Waals surface area contributed by atoms with Crippen molar-refractivity contribution in [2.45, 2.75) is 13.1 Å². The van der Waals surface area contributed by atoms with Crippen LogP contribution < -0.4 is 11.1 Å². The van der Waals surface area contributed by atoms with Gasteiger partial charge in [0.05, 0.1) is 18.5 Å². The Hall–Kier alpha value is -2.53. The molecule has 0 saturated carbocycles. The minimum absolute atomic E-state index is 0.491. The number of nitrogens with two attached hydrogens (primary N) is 1. The van der Waals surface area contributed by atoms with Crippen molar-refractivity contribution in [3.05, 3.63) is 66.2 Å². The number of furan rings is 1. The fourth-order valence-corrected chi connectivity index (χ4v) is 2.05. The van der Waals surface area contributed by atoms with E-state index < -0.39 is 0 Å². The molecule has 102 valence electrons. The first kappa shape index (κ1) is 12.5. The van der Waals surface area contributed by atoms with Gasteiger partial charge >= 0.3 is 0 Å². The average Bonchev–Trinajstić information content (AvgIpc) is 3.16. The van der Waals surface area contributed by atoms with Crippen molar-refractivity contribution >= 4 is 5.82 Å². The fourth-order valence-electron chi connectivity index (χ4n) is 2.05. The second-order valence-electron chi connectivity index (χ2n) is 4.41. The van der Waals surface area contributed by atoms with Crippen LogP contribution in [0.1, 0.15) is 11.3 Å². The largest absolute Gasteiger partial charge is 0.467 e. The third-order valence-electron chi connectivity index (χ3n) is 3.07. The van der Waals surface area contributed by atoms with Crippen LogP contribution in [0.3, 0.4) is 0 Å². The van der Waals surface area contributed by atoms with E-state index in [2.05, 4.69) is 10.4 Å². The van der Waals surface area contributed by atoms with E-state index in [9.17, 15) is 0 Å². The maximum Gasteiger partial charge on any atom is 0.148 e. The van der Waals surface area contributed by atoms with Gasteiger partial charge in [0.1, 0.15) is 11.6 Å². The van der Waals surface area contributed by atoms with Gasteiger partial charge in [-0.1, -0.05) is 18.2 Å². The highest BCUT2D eigenvalue weighted by molar-refractivity contribution is 5.43. The molecule has 5 nitrogen and oxygen atoms in total. The van der Waals surface area contributed by atoms with Crippen LogP contribution in [0, 0.1) is 0 Å². The molecule has 3 aromatic rings. The lowest BCUT2D eigenvalue weighted by Crippen LogP contribution is -2.05. The summed E-state index contributed by atoms with van der Waals surface area (Å²) in [7, 11) is 0. The number of para-hydroxylation sites is 1. The number of hydrogen-bond donors (Lipinski definition) is 2. The summed E-state index contributed by atoms with van der Waals surface area (Å²) in [5, 5.41) is 7.71. The van der Waals surface area contributed by atoms with Crippen molar-refractivity contribution in [2.75, 3.05) is 5.32 Å². The molecule has 0 aliphatic carbocycles. The van der Waals surface area contributed by atoms with Crippen molar-refractivity contribution in [3.8, 4) is 5.69 Å². The van der Waals surface area contributed by atoms with Crippen LogP contribution in [-0.4, -0.2) is 9.78 Å². The zero-order chi connectivity index (χ0) is 13.8. The summed E-state index contributed by atoms with van der Waals surface area (Å²) in [6.07, 6.45) is 3.58. The van der Waals surface area contributed by atoms with E-state index in [1.807, 2.05) is 53.3 Å². The number of rotatable bonds is 5. The molecular formula is C15H16N4O. The molecule has 3 N–H and O–H groups in total. The Labute approximate surface area is 117 Å². The third kappa shape index (κ3) is 2.57. The van der Waals surface area contributed by atoms with Crippen LogP contribution in [0.25, 0.3) is 5.69 Å². The number of hydrogen-bond acceptors (Lipinski definition) is 4. The van der Waals surface area contributed by atoms with Gasteiger partial charge in [-0.05, 0) is 23.8 Å². The number of aromatic nitrogens is 2. The van der Waals surface area contributed by atoms with Crippen molar-refractivity contribution in [2.24, 2.45) is 5.73 Å². The summed E-state index contributed by atoms with van der Waals surface area (Å²) < 4.78 is 7.10. The summed E-state index contributed by atoms with van der Waals surface area (Å²) in [5.74, 6) is 1.68. The number of anilines is 1. The maximum atomic E-state index is 5.75. The van der Waals surface area contributed by atoms with Crippen molar-refractivity contribution < 1.29 is 4.42 Å². The van der Waals surface area contributed by atoms with Gasteiger partial charge < -0.3 is 15.5 Å². The van der Waals surface area contributed by atoms with Gasteiger partial charge in [-0.25, -0.2) is 4.68 Å². The zero-order valence-electron chi connectivity index (χ0n) is 11.0. The van der Waals surface area contributed by atoms with Crippen LogP contribution in [0.15, 0.2) is 59.3 Å². The normalized spacial score (nSPS) is 10.7. The molecule has 0 aliphatic rings. The van der Waals surface area contributed by atoms with E-state index >= 15 is 0 Å². The predicted octanol–water partition coefficient (Wildman–Crippen LogP) is 2.54. The highest BCUT2D eigenvalue weighted by atomic mass is 16.3. The quantitative estimate of drug-likeness (QED) is 0.746. The molecule has 0 saturated heterocycles. The van der Waals surface area contributed by atoms with E-state index in [1.54, 1.807) is 6.26 Å². The molecule has 0 aliphatic heterocycles. The molecule has 1 aromatic carbocycles. The lowest BCUT2D eigenvalue weighted by Gasteiger charge is -2.07. The SMILES string of the molecule is NCc1ccccc1-n1ccc(NCc2ccco2)n1. The molecule has 3 rings (SSSR count). The summed E-state index contributed by atoms with van der Waals surface area (Å²) in [6, 6.07) is 13.7. The second kappa shape index (κ2) is 5.63. The summed E-state index contributed by atoms with van der Waals surface area (Å²) in [5.41, 5.74) is 7.81. The molecule has 0 unspecified atom stereocenters. The average molecular weight is 268 g/mol. The van der Waals surface area contributed by atoms with Crippen LogP contribution >= 0.6 is 0 Å². The first-order chi connectivity index (χ1) is 9.86. The van der Waals surface area contributed by atoms with Crippen molar-refractivity contribution in [1.29, 1.82) is 0 Å². The lowest BCUT2D eigenvalue weighted by molar-refractivity contribution is 0.517. The molecule has 20 heavy (non-hydrogen) atoms. The minimum Gasteiger partial charge on any atom is -0.467 e. The van der Waals surface area contributed by atoms with Crippen molar-refractivity contribution in [1.82, 2.24) is 9.78 Å². The Morgan fingerprint density at radius 3 is 2.85 bits per heavy atom. The predicted molar refractivity (Wildman–Crippen MR) is 77.5 cm³/mol. The molecule has 0 atom stereocenters. The van der Waals surface area contributed by atoms with E-state index in [0.717, 1.165) is 22.8 Å². The van der Waals surface area contributed by atoms with E-state index in [-0.39, 0.29) is 0 Å². The third-order valence-corrected chi connectivity index (χ3v) is 3.07. The van der Waals surface area contributed by atoms with Gasteiger partial charge in [-0.3, -0.25) is 0 Å². The summed E-state index contributed by atoms with van der Waals surface area (Å²) in [6.45, 7) is 1.10. The molecule has 0 radical (unpaired) electrons. The second-order valence-corrected chi connectivity index (χ2v) is 4.41. The van der Waals surface area contributed by atoms with E-state index in [4.69, 9.17) is 10.2 Å². The van der Waals surface area contributed by atoms with Gasteiger partial charge in [0.15, 0.2) is 0 Å². The fraction of sp³-hybridized carbons (Fsp3) is 0.133. The van der Waals surface area contributed by atoms with E-state index in [0.29, 0.717) is 13.1 Å². The van der Waals surface area contributed by atoms with E-state index in [1.165, 1.54) is 0 Å². The molecule has 5 heteroatoms. The van der Waals surface area contributed by atoms with Crippen LogP contribution in [0.5, 0.6) is 0 Å². The molecule has 2 aromatic heterocycles. The standard InChI is InChI=1S/C15H16N4O/c16-10-12-4-1-2-6-14(12)19-8-7-15(18-19)17-11-13-5-3-9-20-13/h1-9H,10-11,16H2,(H,17,18). The van der Waals surface area contributed by atoms with Gasteiger partial charge in [0, 0.05) is 18.8 Å². The summed E-state index contributed by atoms with van der Waals surface area (Å²) >= 11 is 0. The van der Waals surface area contributed by atoms with Crippen LogP contribution in [0.2, 0.25) is 0 Å². The number of nitrogens with one attached hydrogen (secondary N) is 1. The van der Waals surface area contributed by atoms with Gasteiger partial charge in [0.25, 0.3) is 0 Å². The highest BCUT2D eigenvalue weighted by Gasteiger charge is 2.05. The molecule has 0 spiro atoms. The first-order valence-electron chi connectivity index (χ1n) is 6.47. The Balaban J connectivity index is 1.76. The first-order valence-corrected chi connectivity index (χ1v) is 6.47. The van der Waals surface area contributed by atoms with Gasteiger partial charge in [0.2, 0.25) is 0 Å². The van der Waals surface area contributed by atoms with Crippen LogP contribution in [-0.2, 0) is 13.1 Å². The number of nitrogens with zero attached hydrogens (tertiary/aromatic N) is 2. The number of benzene rings is 1. The molecule has 0 amide bonds. The molecule has 0 fully saturated rings.